The van der Waals surface area contributed by atoms with Crippen LogP contribution in [-0.2, 0) is 4.74 Å². The van der Waals surface area contributed by atoms with Gasteiger partial charge in [-0.25, -0.2) is 4.79 Å². The Bertz CT molecular complexity index is 474. The summed E-state index contributed by atoms with van der Waals surface area (Å²) in [5.41, 5.74) is -0.433. The zero-order valence-electron chi connectivity index (χ0n) is 10.4. The number of hydrogen-bond acceptors (Lipinski definition) is 6. The second-order valence-electron chi connectivity index (χ2n) is 4.48. The Morgan fingerprint density at radius 3 is 2.83 bits per heavy atom. The van der Waals surface area contributed by atoms with Crippen LogP contribution in [0.15, 0.2) is 17.1 Å². The number of aliphatic hydroxyl groups excluding tert-OH is 2. The molecule has 0 radical (unpaired) electrons. The molecule has 7 heteroatoms. The fourth-order valence-electron chi connectivity index (χ4n) is 1.92. The molecule has 1 aromatic rings. The van der Waals surface area contributed by atoms with Crippen LogP contribution in [0.25, 0.3) is 0 Å². The lowest BCUT2D eigenvalue weighted by Gasteiger charge is -2.16. The molecule has 1 saturated heterocycles. The minimum atomic E-state index is -0.763. The molecule has 18 heavy (non-hydrogen) atoms. The van der Waals surface area contributed by atoms with E-state index < -0.39 is 24.1 Å². The number of ether oxygens (including phenoxy) is 1. The third-order valence-electron chi connectivity index (χ3n) is 2.97. The van der Waals surface area contributed by atoms with Crippen LogP contribution in [0.2, 0.25) is 0 Å². The number of aliphatic hydroxyl groups is 2. The Labute approximate surface area is 104 Å². The lowest BCUT2D eigenvalue weighted by atomic mass is 10.2. The molecule has 3 atom stereocenters. The largest absolute Gasteiger partial charge is 0.394 e. The molecule has 0 bridgehead atoms. The fourth-order valence-corrected chi connectivity index (χ4v) is 1.92. The smallest absolute Gasteiger partial charge is 0.351 e. The van der Waals surface area contributed by atoms with Crippen LogP contribution >= 0.6 is 0 Å². The molecule has 7 nitrogen and oxygen atoms in total. The van der Waals surface area contributed by atoms with Crippen molar-refractivity contribution < 1.29 is 14.9 Å². The van der Waals surface area contributed by atoms with Crippen molar-refractivity contribution in [2.45, 2.75) is 24.9 Å². The van der Waals surface area contributed by atoms with Crippen LogP contribution in [0.1, 0.15) is 12.6 Å². The third-order valence-corrected chi connectivity index (χ3v) is 2.97. The number of anilines is 1. The van der Waals surface area contributed by atoms with Gasteiger partial charge in [0.15, 0.2) is 0 Å². The Morgan fingerprint density at radius 1 is 1.61 bits per heavy atom. The summed E-state index contributed by atoms with van der Waals surface area (Å²) in [4.78, 5) is 17.5. The summed E-state index contributed by atoms with van der Waals surface area (Å²) in [6, 6.07) is 1.70. The van der Waals surface area contributed by atoms with Crippen molar-refractivity contribution in [2.24, 2.45) is 0 Å². The molecule has 100 valence electrons. The predicted molar refractivity (Wildman–Crippen MR) is 64.4 cm³/mol. The first-order valence-corrected chi connectivity index (χ1v) is 5.74. The van der Waals surface area contributed by atoms with Crippen molar-refractivity contribution in [3.63, 3.8) is 0 Å². The van der Waals surface area contributed by atoms with E-state index >= 15 is 0 Å². The molecule has 0 spiro atoms. The van der Waals surface area contributed by atoms with Crippen molar-refractivity contribution in [3.8, 4) is 0 Å². The first-order chi connectivity index (χ1) is 8.52. The molecule has 0 unspecified atom stereocenters. The van der Waals surface area contributed by atoms with Gasteiger partial charge in [0, 0.05) is 26.7 Å². The zero-order valence-corrected chi connectivity index (χ0v) is 10.4. The molecular weight excluding hydrogens is 238 g/mol. The van der Waals surface area contributed by atoms with Gasteiger partial charge in [-0.3, -0.25) is 4.57 Å². The van der Waals surface area contributed by atoms with Gasteiger partial charge in [-0.2, -0.15) is 4.98 Å². The highest BCUT2D eigenvalue weighted by molar-refractivity contribution is 5.33. The zero-order chi connectivity index (χ0) is 13.3. The molecule has 2 rings (SSSR count). The molecule has 2 N–H and O–H groups in total. The van der Waals surface area contributed by atoms with Crippen LogP contribution in [0.4, 0.5) is 5.82 Å². The summed E-state index contributed by atoms with van der Waals surface area (Å²) in [5, 5.41) is 18.6. The third kappa shape index (κ3) is 2.38. The number of aromatic nitrogens is 2. The second-order valence-corrected chi connectivity index (χ2v) is 4.48. The molecule has 0 amide bonds. The number of rotatable bonds is 3. The molecular formula is C11H17N3O4. The van der Waals surface area contributed by atoms with E-state index in [1.54, 1.807) is 31.3 Å². The minimum Gasteiger partial charge on any atom is -0.394 e. The van der Waals surface area contributed by atoms with Gasteiger partial charge in [-0.15, -0.1) is 0 Å². The SMILES string of the molecule is CN(C)c1ccn([C@H]2C[C@H](O)[C@@H](CO)O2)c(=O)n1. The molecule has 0 aromatic carbocycles. The average Bonchev–Trinajstić information content (AvgIpc) is 2.70. The quantitative estimate of drug-likeness (QED) is 0.716. The van der Waals surface area contributed by atoms with Crippen molar-refractivity contribution in [2.75, 3.05) is 25.6 Å². The van der Waals surface area contributed by atoms with Crippen LogP contribution in [0.5, 0.6) is 0 Å². The van der Waals surface area contributed by atoms with E-state index in [0.717, 1.165) is 0 Å². The van der Waals surface area contributed by atoms with Gasteiger partial charge < -0.3 is 19.8 Å². The Kier molecular flexibility index (Phi) is 3.65. The van der Waals surface area contributed by atoms with Gasteiger partial charge in [0.2, 0.25) is 0 Å². The minimum absolute atomic E-state index is 0.268. The highest BCUT2D eigenvalue weighted by Crippen LogP contribution is 2.27. The first-order valence-electron chi connectivity index (χ1n) is 5.74. The van der Waals surface area contributed by atoms with Gasteiger partial charge in [-0.05, 0) is 6.07 Å². The standard InChI is InChI=1S/C11H17N3O4/c1-13(2)9-3-4-14(11(17)12-9)10-5-7(16)8(6-15)18-10/h3-4,7-8,10,15-16H,5-6H2,1-2H3/t7-,8+,10+/m0/s1. The topological polar surface area (TPSA) is 87.8 Å². The summed E-state index contributed by atoms with van der Waals surface area (Å²) in [7, 11) is 3.59. The summed E-state index contributed by atoms with van der Waals surface area (Å²) >= 11 is 0. The Hall–Kier alpha value is -1.44. The molecule has 1 aliphatic rings. The summed E-state index contributed by atoms with van der Waals surface area (Å²) in [6.45, 7) is -0.268. The van der Waals surface area contributed by atoms with Gasteiger partial charge in [-0.1, -0.05) is 0 Å². The second kappa shape index (κ2) is 5.05. The van der Waals surface area contributed by atoms with E-state index in [4.69, 9.17) is 9.84 Å². The van der Waals surface area contributed by atoms with Crippen LogP contribution < -0.4 is 10.6 Å². The molecule has 1 aliphatic heterocycles. The lowest BCUT2D eigenvalue weighted by Crippen LogP contribution is -2.29. The normalized spacial score (nSPS) is 27.4. The first kappa shape index (κ1) is 13.0. The summed E-state index contributed by atoms with van der Waals surface area (Å²) < 4.78 is 6.72. The number of nitrogens with zero attached hydrogens (tertiary/aromatic N) is 3. The lowest BCUT2D eigenvalue weighted by molar-refractivity contribution is -0.0458. The maximum absolute atomic E-state index is 11.8. The molecule has 0 aliphatic carbocycles. The highest BCUT2D eigenvalue weighted by atomic mass is 16.5. The molecule has 1 aromatic heterocycles. The Morgan fingerprint density at radius 2 is 2.33 bits per heavy atom. The number of hydrogen-bond donors (Lipinski definition) is 2. The summed E-state index contributed by atoms with van der Waals surface area (Å²) in [6.07, 6.45) is -0.125. The maximum atomic E-state index is 11.8. The van der Waals surface area contributed by atoms with Crippen molar-refractivity contribution in [1.29, 1.82) is 0 Å². The van der Waals surface area contributed by atoms with Crippen LogP contribution in [-0.4, -0.2) is 52.7 Å². The van der Waals surface area contributed by atoms with E-state index in [1.165, 1.54) is 4.57 Å². The highest BCUT2D eigenvalue weighted by Gasteiger charge is 2.34. The van der Waals surface area contributed by atoms with E-state index in [9.17, 15) is 9.90 Å². The Balaban J connectivity index is 2.23. The van der Waals surface area contributed by atoms with Gasteiger partial charge in [0.05, 0.1) is 12.7 Å². The van der Waals surface area contributed by atoms with E-state index in [-0.39, 0.29) is 13.0 Å². The molecule has 2 heterocycles. The van der Waals surface area contributed by atoms with Crippen LogP contribution in [0.3, 0.4) is 0 Å². The van der Waals surface area contributed by atoms with E-state index in [1.807, 2.05) is 0 Å². The van der Waals surface area contributed by atoms with E-state index in [0.29, 0.717) is 5.82 Å². The van der Waals surface area contributed by atoms with Gasteiger partial charge in [0.1, 0.15) is 18.1 Å². The van der Waals surface area contributed by atoms with Crippen molar-refractivity contribution in [3.05, 3.63) is 22.7 Å². The molecule has 1 fully saturated rings. The van der Waals surface area contributed by atoms with Crippen molar-refractivity contribution in [1.82, 2.24) is 9.55 Å². The van der Waals surface area contributed by atoms with Gasteiger partial charge >= 0.3 is 5.69 Å². The van der Waals surface area contributed by atoms with E-state index in [2.05, 4.69) is 4.98 Å². The van der Waals surface area contributed by atoms with Gasteiger partial charge in [0.25, 0.3) is 0 Å². The van der Waals surface area contributed by atoms with Crippen molar-refractivity contribution >= 4 is 5.82 Å². The van der Waals surface area contributed by atoms with Crippen LogP contribution in [0, 0.1) is 0 Å². The predicted octanol–water partition coefficient (Wildman–Crippen LogP) is -1.05. The average molecular weight is 255 g/mol. The summed E-state index contributed by atoms with van der Waals surface area (Å²) in [5.74, 6) is 0.563. The monoisotopic (exact) mass is 255 g/mol. The molecule has 0 saturated carbocycles. The maximum Gasteiger partial charge on any atom is 0.351 e. The fraction of sp³-hybridized carbons (Fsp3) is 0.636.